The Balaban J connectivity index is 1.69. The number of fused-ring (bicyclic) bond motifs is 2. The van der Waals surface area contributed by atoms with Crippen LogP contribution in [-0.4, -0.2) is 32.7 Å². The molecule has 10 heteroatoms. The second-order valence-electron chi connectivity index (χ2n) is 6.31. The summed E-state index contributed by atoms with van der Waals surface area (Å²) in [4.78, 5) is 25.7. The summed E-state index contributed by atoms with van der Waals surface area (Å²) in [6, 6.07) is 8.37. The monoisotopic (exact) mass is 388 g/mol. The first-order valence-corrected chi connectivity index (χ1v) is 8.35. The molecule has 0 aliphatic heterocycles. The minimum atomic E-state index is -4.37. The van der Waals surface area contributed by atoms with Gasteiger partial charge in [-0.25, -0.2) is 0 Å². The molecule has 4 aromatic rings. The van der Waals surface area contributed by atoms with Gasteiger partial charge in [-0.3, -0.25) is 4.79 Å². The standard InChI is InChI=1S/C18H15F3N6O/c1-9-6-14(28)25-13-3-2-10(7-12(9)13)24-17-26-15-11(4-5-22-15)16(27-17)23-8-18(19,20)21/h2-7H,8H2,1H3,(H,25,28)(H3,22,23,24,26,27). The lowest BCUT2D eigenvalue weighted by Gasteiger charge is -2.12. The maximum Gasteiger partial charge on any atom is 0.405 e. The molecule has 0 unspecified atom stereocenters. The molecule has 144 valence electrons. The fourth-order valence-corrected chi connectivity index (χ4v) is 2.95. The minimum absolute atomic E-state index is 0.0763. The van der Waals surface area contributed by atoms with E-state index in [0.717, 1.165) is 10.9 Å². The third-order valence-corrected chi connectivity index (χ3v) is 4.18. The maximum atomic E-state index is 12.6. The number of hydrogen-bond donors (Lipinski definition) is 4. The summed E-state index contributed by atoms with van der Waals surface area (Å²) in [5.41, 5.74) is 2.34. The van der Waals surface area contributed by atoms with Crippen molar-refractivity contribution in [2.75, 3.05) is 17.2 Å². The molecule has 0 saturated heterocycles. The average molecular weight is 388 g/mol. The molecule has 0 aliphatic carbocycles. The number of nitrogens with one attached hydrogen (secondary N) is 4. The zero-order valence-electron chi connectivity index (χ0n) is 14.6. The van der Waals surface area contributed by atoms with Gasteiger partial charge in [0.2, 0.25) is 11.5 Å². The Morgan fingerprint density at radius 3 is 2.71 bits per heavy atom. The smallest absolute Gasteiger partial charge is 0.360 e. The van der Waals surface area contributed by atoms with Crippen molar-refractivity contribution in [3.05, 3.63) is 52.4 Å². The minimum Gasteiger partial charge on any atom is -0.360 e. The van der Waals surface area contributed by atoms with Crippen LogP contribution in [0.5, 0.6) is 0 Å². The predicted octanol–water partition coefficient (Wildman–Crippen LogP) is 3.83. The highest BCUT2D eigenvalue weighted by Crippen LogP contribution is 2.26. The van der Waals surface area contributed by atoms with Crippen LogP contribution in [0, 0.1) is 6.92 Å². The second-order valence-corrected chi connectivity index (χ2v) is 6.31. The van der Waals surface area contributed by atoms with Crippen molar-refractivity contribution in [3.8, 4) is 0 Å². The number of alkyl halides is 3. The zero-order valence-corrected chi connectivity index (χ0v) is 14.6. The second kappa shape index (κ2) is 6.55. The molecule has 0 aliphatic rings. The van der Waals surface area contributed by atoms with Crippen LogP contribution in [0.2, 0.25) is 0 Å². The third-order valence-electron chi connectivity index (χ3n) is 4.18. The van der Waals surface area contributed by atoms with Gasteiger partial charge in [0, 0.05) is 28.9 Å². The van der Waals surface area contributed by atoms with Crippen LogP contribution >= 0.6 is 0 Å². The fraction of sp³-hybridized carbons (Fsp3) is 0.167. The number of aromatic amines is 2. The summed E-state index contributed by atoms with van der Waals surface area (Å²) in [5, 5.41) is 6.61. The molecule has 4 rings (SSSR count). The van der Waals surface area contributed by atoms with Gasteiger partial charge in [-0.2, -0.15) is 23.1 Å². The Kier molecular flexibility index (Phi) is 4.17. The van der Waals surface area contributed by atoms with Crippen molar-refractivity contribution in [1.29, 1.82) is 0 Å². The van der Waals surface area contributed by atoms with Crippen LogP contribution in [0.1, 0.15) is 5.56 Å². The van der Waals surface area contributed by atoms with Gasteiger partial charge in [-0.1, -0.05) is 0 Å². The number of nitrogens with zero attached hydrogens (tertiary/aromatic N) is 2. The average Bonchev–Trinajstić information content (AvgIpc) is 3.08. The van der Waals surface area contributed by atoms with E-state index in [1.54, 1.807) is 24.4 Å². The fourth-order valence-electron chi connectivity index (χ4n) is 2.95. The summed E-state index contributed by atoms with van der Waals surface area (Å²) in [6.07, 6.45) is -2.79. The van der Waals surface area contributed by atoms with Crippen molar-refractivity contribution in [2.24, 2.45) is 0 Å². The Labute approximate surface area is 156 Å². The molecule has 0 radical (unpaired) electrons. The van der Waals surface area contributed by atoms with Crippen LogP contribution in [-0.2, 0) is 0 Å². The normalized spacial score (nSPS) is 11.9. The number of benzene rings is 1. The number of H-pyrrole nitrogens is 2. The molecule has 0 atom stereocenters. The molecule has 3 aromatic heterocycles. The van der Waals surface area contributed by atoms with Gasteiger partial charge in [0.25, 0.3) is 0 Å². The first kappa shape index (κ1) is 17.8. The highest BCUT2D eigenvalue weighted by molar-refractivity contribution is 5.89. The van der Waals surface area contributed by atoms with Crippen molar-refractivity contribution in [2.45, 2.75) is 13.1 Å². The Morgan fingerprint density at radius 1 is 1.11 bits per heavy atom. The molecule has 0 saturated carbocycles. The number of hydrogen-bond acceptors (Lipinski definition) is 5. The van der Waals surface area contributed by atoms with Crippen molar-refractivity contribution in [3.63, 3.8) is 0 Å². The van der Waals surface area contributed by atoms with E-state index in [1.807, 2.05) is 13.0 Å². The highest BCUT2D eigenvalue weighted by Gasteiger charge is 2.27. The molecular weight excluding hydrogens is 373 g/mol. The Bertz CT molecular complexity index is 1230. The van der Waals surface area contributed by atoms with Gasteiger partial charge in [0.15, 0.2) is 0 Å². The number of aromatic nitrogens is 4. The lowest BCUT2D eigenvalue weighted by atomic mass is 10.1. The predicted molar refractivity (Wildman–Crippen MR) is 101 cm³/mol. The summed E-state index contributed by atoms with van der Waals surface area (Å²) >= 11 is 0. The Morgan fingerprint density at radius 2 is 1.93 bits per heavy atom. The molecule has 1 aromatic carbocycles. The van der Waals surface area contributed by atoms with Crippen molar-refractivity contribution in [1.82, 2.24) is 19.9 Å². The van der Waals surface area contributed by atoms with Gasteiger partial charge >= 0.3 is 6.18 Å². The van der Waals surface area contributed by atoms with E-state index < -0.39 is 12.7 Å². The summed E-state index contributed by atoms with van der Waals surface area (Å²) < 4.78 is 37.7. The van der Waals surface area contributed by atoms with Crippen LogP contribution in [0.15, 0.2) is 41.3 Å². The number of aryl methyl sites for hydroxylation is 1. The summed E-state index contributed by atoms with van der Waals surface area (Å²) in [5.74, 6) is 0.216. The van der Waals surface area contributed by atoms with Gasteiger partial charge in [-0.15, -0.1) is 0 Å². The summed E-state index contributed by atoms with van der Waals surface area (Å²) in [7, 11) is 0. The lowest BCUT2D eigenvalue weighted by Crippen LogP contribution is -2.22. The van der Waals surface area contributed by atoms with Crippen LogP contribution in [0.4, 0.5) is 30.6 Å². The van der Waals surface area contributed by atoms with Crippen LogP contribution < -0.4 is 16.2 Å². The topological polar surface area (TPSA) is 98.5 Å². The van der Waals surface area contributed by atoms with Gasteiger partial charge < -0.3 is 20.6 Å². The van der Waals surface area contributed by atoms with Crippen LogP contribution in [0.3, 0.4) is 0 Å². The highest BCUT2D eigenvalue weighted by atomic mass is 19.4. The third kappa shape index (κ3) is 3.61. The molecule has 4 N–H and O–H groups in total. The van der Waals surface area contributed by atoms with Crippen molar-refractivity contribution >= 4 is 39.4 Å². The number of anilines is 3. The summed E-state index contributed by atoms with van der Waals surface area (Å²) in [6.45, 7) is 0.619. The van der Waals surface area contributed by atoms with Crippen LogP contribution in [0.25, 0.3) is 21.9 Å². The molecule has 0 bridgehead atoms. The van der Waals surface area contributed by atoms with Gasteiger partial charge in [0.1, 0.15) is 18.0 Å². The van der Waals surface area contributed by atoms with E-state index in [4.69, 9.17) is 0 Å². The molecular formula is C18H15F3N6O. The number of halogens is 3. The zero-order chi connectivity index (χ0) is 19.9. The molecule has 28 heavy (non-hydrogen) atoms. The van der Waals surface area contributed by atoms with Gasteiger partial charge in [0.05, 0.1) is 5.39 Å². The Hall–Kier alpha value is -3.56. The lowest BCUT2D eigenvalue weighted by molar-refractivity contribution is -0.115. The molecule has 0 fully saturated rings. The molecule has 0 amide bonds. The number of rotatable bonds is 4. The maximum absolute atomic E-state index is 12.6. The van der Waals surface area contributed by atoms with Crippen molar-refractivity contribution < 1.29 is 13.2 Å². The van der Waals surface area contributed by atoms with E-state index in [1.165, 1.54) is 6.07 Å². The number of pyridine rings is 1. The first-order chi connectivity index (χ1) is 13.3. The van der Waals surface area contributed by atoms with E-state index in [9.17, 15) is 18.0 Å². The van der Waals surface area contributed by atoms with E-state index in [0.29, 0.717) is 22.2 Å². The molecule has 7 nitrogen and oxygen atoms in total. The quantitative estimate of drug-likeness (QED) is 0.426. The first-order valence-electron chi connectivity index (χ1n) is 8.35. The largest absolute Gasteiger partial charge is 0.405 e. The SMILES string of the molecule is Cc1cc(=O)[nH]c2ccc(Nc3nc(NCC(F)(F)F)c4cc[nH]c4n3)cc12. The molecule has 3 heterocycles. The van der Waals surface area contributed by atoms with E-state index in [2.05, 4.69) is 30.6 Å². The molecule has 0 spiro atoms. The van der Waals surface area contributed by atoms with E-state index >= 15 is 0 Å². The van der Waals surface area contributed by atoms with Gasteiger partial charge in [-0.05, 0) is 36.8 Å². The van der Waals surface area contributed by atoms with E-state index in [-0.39, 0.29) is 17.3 Å².